The molecule has 1 N–H and O–H groups in total. The zero-order valence-electron chi connectivity index (χ0n) is 15.2. The summed E-state index contributed by atoms with van der Waals surface area (Å²) in [5.74, 6) is 1.09. The molecule has 0 bridgehead atoms. The molecule has 0 radical (unpaired) electrons. The number of ether oxygens (including phenoxy) is 2. The molecule has 3 rings (SSSR count). The molecule has 8 heteroatoms. The first kappa shape index (κ1) is 23.0. The lowest BCUT2D eigenvalue weighted by Gasteiger charge is -2.37. The molecule has 0 spiro atoms. The van der Waals surface area contributed by atoms with Crippen molar-refractivity contribution in [3.63, 3.8) is 0 Å². The zero-order chi connectivity index (χ0) is 16.8. The Morgan fingerprint density at radius 1 is 1.19 bits per heavy atom. The van der Waals surface area contributed by atoms with Crippen LogP contribution in [0.2, 0.25) is 0 Å². The molecular weight excluding hydrogens is 377 g/mol. The summed E-state index contributed by atoms with van der Waals surface area (Å²) < 4.78 is 10.9. The van der Waals surface area contributed by atoms with Gasteiger partial charge in [0.2, 0.25) is 5.91 Å². The summed E-state index contributed by atoms with van der Waals surface area (Å²) in [5.41, 5.74) is 1.28. The first-order valence-corrected chi connectivity index (χ1v) is 8.80. The Morgan fingerprint density at radius 2 is 1.88 bits per heavy atom. The Kier molecular flexibility index (Phi) is 10.3. The number of carbonyl (C=O) groups excluding carboxylic acids is 1. The van der Waals surface area contributed by atoms with Gasteiger partial charge in [0.1, 0.15) is 11.8 Å². The van der Waals surface area contributed by atoms with E-state index in [4.69, 9.17) is 9.47 Å². The fourth-order valence-electron chi connectivity index (χ4n) is 3.19. The van der Waals surface area contributed by atoms with Crippen molar-refractivity contribution in [1.82, 2.24) is 15.1 Å². The maximum atomic E-state index is 12.5. The molecular formula is C18H29Cl2N3O3. The van der Waals surface area contributed by atoms with Crippen LogP contribution in [0.5, 0.6) is 5.75 Å². The molecule has 148 valence electrons. The molecule has 26 heavy (non-hydrogen) atoms. The van der Waals surface area contributed by atoms with Crippen molar-refractivity contribution in [2.75, 3.05) is 52.5 Å². The lowest BCUT2D eigenvalue weighted by atomic mass is 10.1. The summed E-state index contributed by atoms with van der Waals surface area (Å²) in [6.45, 7) is 8.93. The van der Waals surface area contributed by atoms with Gasteiger partial charge in [-0.05, 0) is 24.6 Å². The fourth-order valence-corrected chi connectivity index (χ4v) is 3.19. The van der Waals surface area contributed by atoms with Crippen LogP contribution in [0.1, 0.15) is 12.5 Å². The second kappa shape index (κ2) is 11.6. The summed E-state index contributed by atoms with van der Waals surface area (Å²) in [7, 11) is 0. The Hall–Kier alpha value is -1.05. The number of amides is 1. The molecule has 1 unspecified atom stereocenters. The van der Waals surface area contributed by atoms with Crippen molar-refractivity contribution in [2.45, 2.75) is 19.5 Å². The van der Waals surface area contributed by atoms with Gasteiger partial charge in [-0.1, -0.05) is 12.1 Å². The van der Waals surface area contributed by atoms with Gasteiger partial charge in [0.25, 0.3) is 0 Å². The monoisotopic (exact) mass is 405 g/mol. The van der Waals surface area contributed by atoms with E-state index in [1.54, 1.807) is 0 Å². The van der Waals surface area contributed by atoms with Crippen molar-refractivity contribution < 1.29 is 14.3 Å². The smallest absolute Gasteiger partial charge is 0.242 e. The lowest BCUT2D eigenvalue weighted by Crippen LogP contribution is -2.57. The van der Waals surface area contributed by atoms with Crippen LogP contribution in [-0.2, 0) is 16.1 Å². The van der Waals surface area contributed by atoms with E-state index in [2.05, 4.69) is 22.3 Å². The molecule has 0 aliphatic carbocycles. The normalized spacial score (nSPS) is 20.7. The highest BCUT2D eigenvalue weighted by Gasteiger charge is 2.28. The second-order valence-electron chi connectivity index (χ2n) is 6.26. The van der Waals surface area contributed by atoms with Crippen LogP contribution in [-0.4, -0.2) is 74.3 Å². The van der Waals surface area contributed by atoms with Crippen molar-refractivity contribution in [3.8, 4) is 5.75 Å². The number of morpholine rings is 1. The van der Waals surface area contributed by atoms with Gasteiger partial charge in [0.15, 0.2) is 0 Å². The predicted molar refractivity (Wildman–Crippen MR) is 107 cm³/mol. The lowest BCUT2D eigenvalue weighted by molar-refractivity contribution is -0.138. The highest BCUT2D eigenvalue weighted by atomic mass is 35.5. The van der Waals surface area contributed by atoms with Gasteiger partial charge in [0, 0.05) is 39.3 Å². The second-order valence-corrected chi connectivity index (χ2v) is 6.26. The maximum absolute atomic E-state index is 12.5. The number of hydrogen-bond donors (Lipinski definition) is 1. The summed E-state index contributed by atoms with van der Waals surface area (Å²) >= 11 is 0. The Labute approximate surface area is 168 Å². The van der Waals surface area contributed by atoms with E-state index in [0.717, 1.165) is 45.0 Å². The van der Waals surface area contributed by atoms with Gasteiger partial charge in [-0.2, -0.15) is 0 Å². The minimum Gasteiger partial charge on any atom is -0.494 e. The van der Waals surface area contributed by atoms with E-state index in [-0.39, 0.29) is 36.8 Å². The summed E-state index contributed by atoms with van der Waals surface area (Å²) in [4.78, 5) is 16.8. The van der Waals surface area contributed by atoms with E-state index < -0.39 is 0 Å². The largest absolute Gasteiger partial charge is 0.494 e. The van der Waals surface area contributed by atoms with E-state index in [1.807, 2.05) is 24.0 Å². The first-order chi connectivity index (χ1) is 11.8. The number of carbonyl (C=O) groups is 1. The Bertz CT molecular complexity index is 531. The molecule has 1 aromatic carbocycles. The number of hydrogen-bond acceptors (Lipinski definition) is 5. The SMILES string of the molecule is CCOc1ccc(CN2CCN(C(=O)C3COCCN3)CC2)cc1.Cl.Cl. The van der Waals surface area contributed by atoms with Crippen molar-refractivity contribution in [2.24, 2.45) is 0 Å². The van der Waals surface area contributed by atoms with Crippen molar-refractivity contribution >= 4 is 30.7 Å². The van der Waals surface area contributed by atoms with Gasteiger partial charge < -0.3 is 19.7 Å². The molecule has 2 aliphatic rings. The number of nitrogens with one attached hydrogen (secondary N) is 1. The van der Waals surface area contributed by atoms with Gasteiger partial charge in [-0.3, -0.25) is 9.69 Å². The van der Waals surface area contributed by atoms with Gasteiger partial charge in [-0.15, -0.1) is 24.8 Å². The third-order valence-corrected chi connectivity index (χ3v) is 4.54. The van der Waals surface area contributed by atoms with Gasteiger partial charge in [-0.25, -0.2) is 0 Å². The van der Waals surface area contributed by atoms with Crippen LogP contribution in [0.25, 0.3) is 0 Å². The molecule has 1 amide bonds. The molecule has 2 saturated heterocycles. The van der Waals surface area contributed by atoms with Crippen LogP contribution in [0.4, 0.5) is 0 Å². The van der Waals surface area contributed by atoms with Crippen LogP contribution in [0.15, 0.2) is 24.3 Å². The van der Waals surface area contributed by atoms with Crippen LogP contribution in [0, 0.1) is 0 Å². The van der Waals surface area contributed by atoms with Crippen LogP contribution in [0.3, 0.4) is 0 Å². The summed E-state index contributed by atoms with van der Waals surface area (Å²) in [6.07, 6.45) is 0. The predicted octanol–water partition coefficient (Wildman–Crippen LogP) is 1.56. The van der Waals surface area contributed by atoms with Crippen LogP contribution >= 0.6 is 24.8 Å². The van der Waals surface area contributed by atoms with E-state index in [1.165, 1.54) is 5.56 Å². The minimum absolute atomic E-state index is 0. The topological polar surface area (TPSA) is 54.0 Å². The number of piperazine rings is 1. The maximum Gasteiger partial charge on any atom is 0.242 e. The van der Waals surface area contributed by atoms with Gasteiger partial charge in [0.05, 0.1) is 19.8 Å². The third kappa shape index (κ3) is 6.28. The number of nitrogens with zero attached hydrogens (tertiary/aromatic N) is 2. The molecule has 2 aliphatic heterocycles. The highest BCUT2D eigenvalue weighted by molar-refractivity contribution is 5.85. The number of rotatable bonds is 5. The van der Waals surface area contributed by atoms with Crippen molar-refractivity contribution in [1.29, 1.82) is 0 Å². The van der Waals surface area contributed by atoms with E-state index in [9.17, 15) is 4.79 Å². The first-order valence-electron chi connectivity index (χ1n) is 8.80. The molecule has 2 heterocycles. The van der Waals surface area contributed by atoms with E-state index in [0.29, 0.717) is 19.8 Å². The quantitative estimate of drug-likeness (QED) is 0.805. The molecule has 0 aromatic heterocycles. The van der Waals surface area contributed by atoms with E-state index >= 15 is 0 Å². The fraction of sp³-hybridized carbons (Fsp3) is 0.611. The zero-order valence-corrected chi connectivity index (χ0v) is 16.8. The Morgan fingerprint density at radius 3 is 2.46 bits per heavy atom. The molecule has 2 fully saturated rings. The van der Waals surface area contributed by atoms with Gasteiger partial charge >= 0.3 is 0 Å². The average Bonchev–Trinajstić information content (AvgIpc) is 2.64. The van der Waals surface area contributed by atoms with Crippen LogP contribution < -0.4 is 10.1 Å². The minimum atomic E-state index is -0.170. The number of halogens is 2. The number of benzene rings is 1. The van der Waals surface area contributed by atoms with Crippen molar-refractivity contribution in [3.05, 3.63) is 29.8 Å². The standard InChI is InChI=1S/C18H27N3O3.2ClH/c1-2-24-16-5-3-15(4-6-16)13-20-8-10-21(11-9-20)18(22)17-14-23-12-7-19-17;;/h3-6,17,19H,2,7-14H2,1H3;2*1H. The average molecular weight is 406 g/mol. The Balaban J connectivity index is 0.00000169. The summed E-state index contributed by atoms with van der Waals surface area (Å²) in [5, 5.41) is 3.24. The summed E-state index contributed by atoms with van der Waals surface area (Å²) in [6, 6.07) is 8.11. The molecule has 1 atom stereocenters. The molecule has 1 aromatic rings. The highest BCUT2D eigenvalue weighted by Crippen LogP contribution is 2.15. The molecule has 0 saturated carbocycles. The molecule has 6 nitrogen and oxygen atoms in total. The third-order valence-electron chi connectivity index (χ3n) is 4.54.